The van der Waals surface area contributed by atoms with E-state index >= 15 is 0 Å². The van der Waals surface area contributed by atoms with Crippen LogP contribution in [0.15, 0.2) is 23.4 Å². The topological polar surface area (TPSA) is 78.3 Å². The van der Waals surface area contributed by atoms with Crippen molar-refractivity contribution in [2.24, 2.45) is 0 Å². The SMILES string of the molecule is CCn1c(SCC(=O)Nc2ccc3c(c2)OC2(CCCCC2)O3)nnc1C1CC1. The van der Waals surface area contributed by atoms with Crippen LogP contribution in [0.25, 0.3) is 0 Å². The van der Waals surface area contributed by atoms with Crippen LogP contribution >= 0.6 is 11.8 Å². The van der Waals surface area contributed by atoms with Crippen LogP contribution < -0.4 is 14.8 Å². The molecule has 0 bridgehead atoms. The van der Waals surface area contributed by atoms with Crippen LogP contribution in [0.5, 0.6) is 11.5 Å². The van der Waals surface area contributed by atoms with Gasteiger partial charge in [-0.15, -0.1) is 10.2 Å². The van der Waals surface area contributed by atoms with Gasteiger partial charge in [-0.25, -0.2) is 0 Å². The highest BCUT2D eigenvalue weighted by Crippen LogP contribution is 2.46. The molecule has 2 saturated carbocycles. The van der Waals surface area contributed by atoms with Gasteiger partial charge in [0.2, 0.25) is 5.91 Å². The number of aromatic nitrogens is 3. The summed E-state index contributed by atoms with van der Waals surface area (Å²) in [6.07, 6.45) is 7.70. The molecule has 7 nitrogen and oxygen atoms in total. The van der Waals surface area contributed by atoms with Crippen LogP contribution in [0.2, 0.25) is 0 Å². The number of anilines is 1. The molecule has 0 saturated heterocycles. The van der Waals surface area contributed by atoms with Gasteiger partial charge in [0.1, 0.15) is 5.82 Å². The average molecular weight is 415 g/mol. The van der Waals surface area contributed by atoms with E-state index in [1.807, 2.05) is 18.2 Å². The first-order valence-corrected chi connectivity index (χ1v) is 11.5. The quantitative estimate of drug-likeness (QED) is 0.709. The van der Waals surface area contributed by atoms with Gasteiger partial charge >= 0.3 is 0 Å². The van der Waals surface area contributed by atoms with Crippen LogP contribution in [-0.2, 0) is 11.3 Å². The number of amides is 1. The van der Waals surface area contributed by atoms with Gasteiger partial charge in [0.05, 0.1) is 5.75 Å². The molecule has 2 aromatic rings. The van der Waals surface area contributed by atoms with Gasteiger partial charge in [-0.2, -0.15) is 0 Å². The second-order valence-electron chi connectivity index (χ2n) is 8.03. The fourth-order valence-corrected chi connectivity index (χ4v) is 4.95. The molecular weight excluding hydrogens is 388 g/mol. The van der Waals surface area contributed by atoms with Crippen molar-refractivity contribution in [3.63, 3.8) is 0 Å². The van der Waals surface area contributed by atoms with Crippen LogP contribution in [0.1, 0.15) is 63.6 Å². The van der Waals surface area contributed by atoms with Gasteiger partial charge in [-0.3, -0.25) is 4.79 Å². The molecule has 154 valence electrons. The van der Waals surface area contributed by atoms with Crippen LogP contribution in [0.3, 0.4) is 0 Å². The number of hydrogen-bond donors (Lipinski definition) is 1. The number of rotatable bonds is 6. The number of fused-ring (bicyclic) bond motifs is 1. The first kappa shape index (κ1) is 18.8. The predicted octanol–water partition coefficient (Wildman–Crippen LogP) is 4.34. The van der Waals surface area contributed by atoms with E-state index in [1.54, 1.807) is 0 Å². The Balaban J connectivity index is 1.20. The number of carbonyl (C=O) groups is 1. The smallest absolute Gasteiger partial charge is 0.251 e. The summed E-state index contributed by atoms with van der Waals surface area (Å²) in [6, 6.07) is 5.62. The summed E-state index contributed by atoms with van der Waals surface area (Å²) >= 11 is 1.43. The van der Waals surface area contributed by atoms with Crippen molar-refractivity contribution in [1.82, 2.24) is 14.8 Å². The normalized spacial score (nSPS) is 19.5. The molecular formula is C21H26N4O3S. The highest BCUT2D eigenvalue weighted by Gasteiger charge is 2.42. The standard InChI is InChI=1S/C21H26N4O3S/c1-2-25-19(14-6-7-14)23-24-20(25)29-13-18(26)22-15-8-9-16-17(12-15)28-21(27-16)10-4-3-5-11-21/h8-9,12,14H,2-7,10-11,13H2,1H3,(H,22,26). The minimum absolute atomic E-state index is 0.0696. The van der Waals surface area contributed by atoms with Crippen molar-refractivity contribution in [3.8, 4) is 11.5 Å². The summed E-state index contributed by atoms with van der Waals surface area (Å²) in [6.45, 7) is 2.91. The van der Waals surface area contributed by atoms with Crippen LogP contribution in [0.4, 0.5) is 5.69 Å². The fourth-order valence-electron chi connectivity index (χ4n) is 4.14. The summed E-state index contributed by atoms with van der Waals surface area (Å²) in [5, 5.41) is 12.4. The Morgan fingerprint density at radius 2 is 2.00 bits per heavy atom. The molecule has 29 heavy (non-hydrogen) atoms. The molecule has 1 aliphatic heterocycles. The van der Waals surface area contributed by atoms with E-state index in [2.05, 4.69) is 27.0 Å². The maximum Gasteiger partial charge on any atom is 0.251 e. The third-order valence-electron chi connectivity index (χ3n) is 5.77. The van der Waals surface area contributed by atoms with E-state index in [1.165, 1.54) is 31.0 Å². The van der Waals surface area contributed by atoms with Gasteiger partial charge in [0.15, 0.2) is 16.7 Å². The number of benzene rings is 1. The minimum atomic E-state index is -0.497. The summed E-state index contributed by atoms with van der Waals surface area (Å²) in [5.41, 5.74) is 0.724. The lowest BCUT2D eigenvalue weighted by molar-refractivity contribution is -0.113. The van der Waals surface area contributed by atoms with E-state index in [9.17, 15) is 4.79 Å². The molecule has 1 N–H and O–H groups in total. The molecule has 1 spiro atoms. The van der Waals surface area contributed by atoms with Crippen molar-refractivity contribution in [1.29, 1.82) is 0 Å². The molecule has 1 aromatic carbocycles. The van der Waals surface area contributed by atoms with E-state index in [4.69, 9.17) is 9.47 Å². The van der Waals surface area contributed by atoms with Gasteiger partial charge in [0.25, 0.3) is 5.79 Å². The van der Waals surface area contributed by atoms with Crippen molar-refractivity contribution in [3.05, 3.63) is 24.0 Å². The third-order valence-corrected chi connectivity index (χ3v) is 6.74. The van der Waals surface area contributed by atoms with Gasteiger partial charge < -0.3 is 19.4 Å². The third kappa shape index (κ3) is 3.82. The summed E-state index contributed by atoms with van der Waals surface area (Å²) in [5.74, 6) is 2.82. The van der Waals surface area contributed by atoms with Gasteiger partial charge in [-0.1, -0.05) is 18.2 Å². The lowest BCUT2D eigenvalue weighted by atomic mass is 9.94. The molecule has 8 heteroatoms. The molecule has 3 aliphatic rings. The Morgan fingerprint density at radius 1 is 1.21 bits per heavy atom. The first-order valence-electron chi connectivity index (χ1n) is 10.5. The monoisotopic (exact) mass is 414 g/mol. The predicted molar refractivity (Wildman–Crippen MR) is 111 cm³/mol. The second-order valence-corrected chi connectivity index (χ2v) is 8.98. The van der Waals surface area contributed by atoms with E-state index in [-0.39, 0.29) is 5.91 Å². The highest BCUT2D eigenvalue weighted by atomic mass is 32.2. The zero-order chi connectivity index (χ0) is 19.8. The number of carbonyl (C=O) groups excluding carboxylic acids is 1. The number of ether oxygens (including phenoxy) is 2. The minimum Gasteiger partial charge on any atom is -0.448 e. The Morgan fingerprint density at radius 3 is 2.76 bits per heavy atom. The number of nitrogens with zero attached hydrogens (tertiary/aromatic N) is 3. The fraction of sp³-hybridized carbons (Fsp3) is 0.571. The average Bonchev–Trinajstić information content (AvgIpc) is 3.39. The highest BCUT2D eigenvalue weighted by molar-refractivity contribution is 7.99. The maximum atomic E-state index is 12.5. The summed E-state index contributed by atoms with van der Waals surface area (Å²) < 4.78 is 14.4. The maximum absolute atomic E-state index is 12.5. The first-order chi connectivity index (χ1) is 14.2. The van der Waals surface area contributed by atoms with Crippen molar-refractivity contribution < 1.29 is 14.3 Å². The van der Waals surface area contributed by atoms with Gasteiger partial charge in [-0.05, 0) is 44.7 Å². The molecule has 1 aromatic heterocycles. The van der Waals surface area contributed by atoms with E-state index < -0.39 is 5.79 Å². The second kappa shape index (κ2) is 7.55. The summed E-state index contributed by atoms with van der Waals surface area (Å²) in [7, 11) is 0. The molecule has 0 unspecified atom stereocenters. The largest absolute Gasteiger partial charge is 0.448 e. The molecule has 0 radical (unpaired) electrons. The zero-order valence-corrected chi connectivity index (χ0v) is 17.5. The molecule has 2 aliphatic carbocycles. The Hall–Kier alpha value is -2.22. The van der Waals surface area contributed by atoms with Crippen molar-refractivity contribution in [2.75, 3.05) is 11.1 Å². The lowest BCUT2D eigenvalue weighted by Crippen LogP contribution is -2.40. The van der Waals surface area contributed by atoms with E-state index in [0.29, 0.717) is 11.7 Å². The van der Waals surface area contributed by atoms with Crippen molar-refractivity contribution in [2.45, 2.75) is 75.3 Å². The van der Waals surface area contributed by atoms with Crippen LogP contribution in [-0.4, -0.2) is 32.2 Å². The Kier molecular flexibility index (Phi) is 4.89. The van der Waals surface area contributed by atoms with E-state index in [0.717, 1.165) is 60.4 Å². The van der Waals surface area contributed by atoms with Crippen molar-refractivity contribution >= 4 is 23.4 Å². The lowest BCUT2D eigenvalue weighted by Gasteiger charge is -2.31. The molecule has 0 atom stereocenters. The van der Waals surface area contributed by atoms with Crippen LogP contribution in [0, 0.1) is 0 Å². The Bertz CT molecular complexity index is 919. The number of nitrogens with one attached hydrogen (secondary N) is 1. The molecule has 1 amide bonds. The Labute approximate surface area is 174 Å². The number of hydrogen-bond acceptors (Lipinski definition) is 6. The number of thioether (sulfide) groups is 1. The summed E-state index contributed by atoms with van der Waals surface area (Å²) in [4.78, 5) is 12.5. The zero-order valence-electron chi connectivity index (χ0n) is 16.6. The molecule has 2 heterocycles. The molecule has 5 rings (SSSR count). The molecule has 2 fully saturated rings. The van der Waals surface area contributed by atoms with Gasteiger partial charge in [0, 0.05) is 37.1 Å².